The average Bonchev–Trinajstić information content (AvgIpc) is 2.54. The predicted molar refractivity (Wildman–Crippen MR) is 98.9 cm³/mol. The second kappa shape index (κ2) is 9.17. The fourth-order valence-corrected chi connectivity index (χ4v) is 3.73. The summed E-state index contributed by atoms with van der Waals surface area (Å²) >= 11 is 2.43. The summed E-state index contributed by atoms with van der Waals surface area (Å²) in [6.07, 6.45) is 2.13. The fourth-order valence-electron chi connectivity index (χ4n) is 2.27. The van der Waals surface area contributed by atoms with Gasteiger partial charge in [0.25, 0.3) is 0 Å². The first-order chi connectivity index (χ1) is 10.7. The summed E-state index contributed by atoms with van der Waals surface area (Å²) in [6.45, 7) is 0.251. The third-order valence-electron chi connectivity index (χ3n) is 3.31. The molecule has 0 fully saturated rings. The number of aromatic hydroxyl groups is 1. The maximum absolute atomic E-state index is 9.75. The number of benzene rings is 2. The molecule has 1 N–H and O–H groups in total. The minimum absolute atomic E-state index is 0.251. The summed E-state index contributed by atoms with van der Waals surface area (Å²) in [5.41, 5.74) is 3.50. The lowest BCUT2D eigenvalue weighted by atomic mass is 9.96. The van der Waals surface area contributed by atoms with Crippen LogP contribution in [0.2, 0.25) is 6.04 Å². The quantitative estimate of drug-likeness (QED) is 0.223. The molecular formula is C17H19IO3Si. The molecule has 0 amide bonds. The number of hydrogen-bond acceptors (Lipinski definition) is 3. The average molecular weight is 426 g/mol. The van der Waals surface area contributed by atoms with Crippen LogP contribution in [0.15, 0.2) is 42.5 Å². The van der Waals surface area contributed by atoms with Crippen molar-refractivity contribution < 1.29 is 14.6 Å². The topological polar surface area (TPSA) is 38.7 Å². The number of phenolic OH excluding ortho intramolecular Hbond substituents is 1. The Hall–Kier alpha value is -1.05. The summed E-state index contributed by atoms with van der Waals surface area (Å²) in [6, 6.07) is 14.8. The highest BCUT2D eigenvalue weighted by molar-refractivity contribution is 14.1. The lowest BCUT2D eigenvalue weighted by molar-refractivity contribution is 0.0511. The van der Waals surface area contributed by atoms with Gasteiger partial charge in [-0.3, -0.25) is 0 Å². The Morgan fingerprint density at radius 2 is 1.91 bits per heavy atom. The number of rotatable bonds is 8. The van der Waals surface area contributed by atoms with Crippen molar-refractivity contribution in [2.45, 2.75) is 18.9 Å². The normalized spacial score (nSPS) is 10.6. The van der Waals surface area contributed by atoms with Gasteiger partial charge < -0.3 is 14.6 Å². The van der Waals surface area contributed by atoms with Crippen LogP contribution < -0.4 is 4.74 Å². The zero-order valence-corrected chi connectivity index (χ0v) is 15.7. The Morgan fingerprint density at radius 1 is 1.14 bits per heavy atom. The van der Waals surface area contributed by atoms with Gasteiger partial charge in [0.15, 0.2) is 6.79 Å². The smallest absolute Gasteiger partial charge is 0.188 e. The van der Waals surface area contributed by atoms with Gasteiger partial charge in [-0.05, 0) is 47.4 Å². The molecule has 0 aliphatic carbocycles. The SMILES string of the molecule is COCOc1ccc(-c2ccc(O)cc2CCC[Si]I)cc1. The maximum atomic E-state index is 9.75. The van der Waals surface area contributed by atoms with Gasteiger partial charge >= 0.3 is 0 Å². The molecule has 0 bridgehead atoms. The monoisotopic (exact) mass is 426 g/mol. The van der Waals surface area contributed by atoms with Crippen LogP contribution in [0.5, 0.6) is 11.5 Å². The molecule has 5 heteroatoms. The molecule has 116 valence electrons. The summed E-state index contributed by atoms with van der Waals surface area (Å²) in [7, 11) is 2.55. The van der Waals surface area contributed by atoms with Gasteiger partial charge in [0.05, 0.1) is 0 Å². The molecule has 0 saturated heterocycles. The number of methoxy groups -OCH3 is 1. The molecule has 0 unspecified atom stereocenters. The summed E-state index contributed by atoms with van der Waals surface area (Å²) < 4.78 is 10.3. The molecule has 0 heterocycles. The van der Waals surface area contributed by atoms with Crippen LogP contribution in [-0.2, 0) is 11.2 Å². The number of halogens is 1. The molecule has 0 spiro atoms. The van der Waals surface area contributed by atoms with E-state index in [9.17, 15) is 5.11 Å². The standard InChI is InChI=1S/C17H19IO3Si/c1-20-12-21-16-7-4-13(5-8-16)17-9-6-15(19)11-14(17)3-2-10-22-18/h4-9,11,19H,2-3,10,12H2,1H3. The Bertz CT molecular complexity index is 587. The van der Waals surface area contributed by atoms with Crippen molar-refractivity contribution in [3.8, 4) is 22.6 Å². The van der Waals surface area contributed by atoms with Crippen LogP contribution >= 0.6 is 21.8 Å². The van der Waals surface area contributed by atoms with Gasteiger partial charge in [-0.15, -0.1) is 21.8 Å². The van der Waals surface area contributed by atoms with Crippen molar-refractivity contribution >= 4 is 28.8 Å². The van der Waals surface area contributed by atoms with E-state index in [0.717, 1.165) is 31.2 Å². The minimum atomic E-state index is 0.251. The molecule has 2 rings (SSSR count). The van der Waals surface area contributed by atoms with Gasteiger partial charge in [-0.1, -0.05) is 30.7 Å². The highest BCUT2D eigenvalue weighted by Crippen LogP contribution is 2.29. The van der Waals surface area contributed by atoms with Crippen molar-refractivity contribution in [1.82, 2.24) is 0 Å². The molecule has 2 aromatic carbocycles. The number of aryl methyl sites for hydroxylation is 1. The van der Waals surface area contributed by atoms with Crippen LogP contribution in [0.1, 0.15) is 12.0 Å². The van der Waals surface area contributed by atoms with E-state index >= 15 is 0 Å². The van der Waals surface area contributed by atoms with E-state index in [-0.39, 0.29) is 6.79 Å². The van der Waals surface area contributed by atoms with Crippen molar-refractivity contribution in [2.24, 2.45) is 0 Å². The molecule has 2 aromatic rings. The first-order valence-corrected chi connectivity index (χ1v) is 11.4. The first kappa shape index (κ1) is 17.3. The molecule has 0 atom stereocenters. The third-order valence-corrected chi connectivity index (χ3v) is 5.48. The predicted octanol–water partition coefficient (Wildman–Crippen LogP) is 4.45. The highest BCUT2D eigenvalue weighted by atomic mass is 127. The van der Waals surface area contributed by atoms with E-state index in [1.54, 1.807) is 13.2 Å². The zero-order chi connectivity index (χ0) is 15.8. The van der Waals surface area contributed by atoms with Gasteiger partial charge in [0, 0.05) is 7.11 Å². The molecular weight excluding hydrogens is 407 g/mol. The molecule has 22 heavy (non-hydrogen) atoms. The van der Waals surface area contributed by atoms with Crippen LogP contribution in [-0.4, -0.2) is 26.0 Å². The van der Waals surface area contributed by atoms with Crippen molar-refractivity contribution in [3.63, 3.8) is 0 Å². The Kier molecular flexibility index (Phi) is 7.21. The second-order valence-corrected chi connectivity index (χ2v) is 7.96. The number of ether oxygens (including phenoxy) is 2. The molecule has 0 aromatic heterocycles. The Morgan fingerprint density at radius 3 is 2.59 bits per heavy atom. The molecule has 0 aliphatic rings. The zero-order valence-electron chi connectivity index (χ0n) is 12.5. The summed E-state index contributed by atoms with van der Waals surface area (Å²) in [4.78, 5) is 0. The van der Waals surface area contributed by atoms with E-state index in [1.165, 1.54) is 17.2 Å². The van der Waals surface area contributed by atoms with Crippen LogP contribution in [0.25, 0.3) is 11.1 Å². The summed E-state index contributed by atoms with van der Waals surface area (Å²) in [5.74, 6) is 1.12. The molecule has 0 saturated carbocycles. The second-order valence-electron chi connectivity index (χ2n) is 4.90. The van der Waals surface area contributed by atoms with E-state index < -0.39 is 0 Å². The fraction of sp³-hybridized carbons (Fsp3) is 0.294. The lowest BCUT2D eigenvalue weighted by Crippen LogP contribution is -1.98. The van der Waals surface area contributed by atoms with E-state index in [0.29, 0.717) is 5.75 Å². The van der Waals surface area contributed by atoms with E-state index in [4.69, 9.17) is 9.47 Å². The molecule has 0 aliphatic heterocycles. The van der Waals surface area contributed by atoms with Crippen molar-refractivity contribution in [1.29, 1.82) is 0 Å². The largest absolute Gasteiger partial charge is 0.508 e. The van der Waals surface area contributed by atoms with Gasteiger partial charge in [-0.2, -0.15) is 0 Å². The van der Waals surface area contributed by atoms with Crippen molar-refractivity contribution in [3.05, 3.63) is 48.0 Å². The Balaban J connectivity index is 2.19. The Labute approximate surface area is 146 Å². The van der Waals surface area contributed by atoms with E-state index in [1.807, 2.05) is 36.4 Å². The van der Waals surface area contributed by atoms with Crippen molar-refractivity contribution in [2.75, 3.05) is 13.9 Å². The van der Waals surface area contributed by atoms with Crippen LogP contribution in [0.4, 0.5) is 0 Å². The van der Waals surface area contributed by atoms with Gasteiger partial charge in [-0.25, -0.2) is 0 Å². The van der Waals surface area contributed by atoms with Crippen LogP contribution in [0.3, 0.4) is 0 Å². The van der Waals surface area contributed by atoms with Crippen LogP contribution in [0, 0.1) is 0 Å². The van der Waals surface area contributed by atoms with Gasteiger partial charge in [0.2, 0.25) is 0 Å². The number of hydrogen-bond donors (Lipinski definition) is 1. The summed E-state index contributed by atoms with van der Waals surface area (Å²) in [5, 5.41) is 9.75. The van der Waals surface area contributed by atoms with Gasteiger partial charge in [0.1, 0.15) is 18.5 Å². The first-order valence-electron chi connectivity index (χ1n) is 7.12. The highest BCUT2D eigenvalue weighted by Gasteiger charge is 2.07. The lowest BCUT2D eigenvalue weighted by Gasteiger charge is -2.11. The minimum Gasteiger partial charge on any atom is -0.508 e. The molecule has 2 radical (unpaired) electrons. The van der Waals surface area contributed by atoms with E-state index in [2.05, 4.69) is 21.8 Å². The number of phenols is 1. The molecule has 3 nitrogen and oxygen atoms in total. The third kappa shape index (κ3) is 5.00. The maximum Gasteiger partial charge on any atom is 0.188 e.